The first-order chi connectivity index (χ1) is 15.2. The molecular weight excluding hydrogens is 480 g/mol. The Morgan fingerprint density at radius 1 is 1.00 bits per heavy atom. The van der Waals surface area contributed by atoms with Gasteiger partial charge in [0.2, 0.25) is 5.88 Å². The van der Waals surface area contributed by atoms with Gasteiger partial charge in [0.15, 0.2) is 11.5 Å². The number of nitrogens with zero attached hydrogens (tertiary/aromatic N) is 1. The Morgan fingerprint density at radius 3 is 2.58 bits per heavy atom. The van der Waals surface area contributed by atoms with Crippen LogP contribution in [-0.2, 0) is 13.2 Å². The quantitative estimate of drug-likeness (QED) is 0.304. The number of halogens is 2. The second kappa shape index (κ2) is 12.5. The lowest BCUT2D eigenvalue weighted by Crippen LogP contribution is -2.17. The summed E-state index contributed by atoms with van der Waals surface area (Å²) >= 11 is 9.58. The van der Waals surface area contributed by atoms with Crippen LogP contribution in [0.25, 0.3) is 0 Å². The molecule has 0 unspecified atom stereocenters. The predicted octanol–water partition coefficient (Wildman–Crippen LogP) is 6.03. The molecule has 5 nitrogen and oxygen atoms in total. The fraction of sp³-hybridized carbons (Fsp3) is 0.292. The van der Waals surface area contributed by atoms with E-state index in [4.69, 9.17) is 25.8 Å². The van der Waals surface area contributed by atoms with Crippen LogP contribution in [0.1, 0.15) is 24.5 Å². The van der Waals surface area contributed by atoms with Crippen LogP contribution in [0.2, 0.25) is 5.02 Å². The minimum Gasteiger partial charge on any atom is -0.490 e. The van der Waals surface area contributed by atoms with E-state index in [1.54, 1.807) is 6.20 Å². The molecule has 7 heteroatoms. The maximum atomic E-state index is 6.04. The maximum Gasteiger partial charge on any atom is 0.213 e. The summed E-state index contributed by atoms with van der Waals surface area (Å²) in [4.78, 5) is 4.15. The normalized spacial score (nSPS) is 10.7. The molecule has 2 aromatic carbocycles. The summed E-state index contributed by atoms with van der Waals surface area (Å²) in [7, 11) is 0. The first kappa shape index (κ1) is 23.4. The Morgan fingerprint density at radius 2 is 1.84 bits per heavy atom. The summed E-state index contributed by atoms with van der Waals surface area (Å²) in [6, 6.07) is 17.3. The molecule has 0 amide bonds. The number of benzene rings is 2. The molecule has 0 spiro atoms. The van der Waals surface area contributed by atoms with E-state index < -0.39 is 0 Å². The lowest BCUT2D eigenvalue weighted by molar-refractivity contribution is 0.267. The van der Waals surface area contributed by atoms with Crippen LogP contribution in [0.3, 0.4) is 0 Å². The molecule has 0 atom stereocenters. The molecule has 0 aliphatic heterocycles. The Bertz CT molecular complexity index is 940. The van der Waals surface area contributed by atoms with Crippen molar-refractivity contribution in [2.24, 2.45) is 0 Å². The zero-order valence-electron chi connectivity index (χ0n) is 17.4. The molecule has 31 heavy (non-hydrogen) atoms. The molecule has 0 fully saturated rings. The number of nitrogens with one attached hydrogen (secondary N) is 1. The Hall–Kier alpha value is -2.28. The van der Waals surface area contributed by atoms with Crippen LogP contribution >= 0.6 is 27.5 Å². The van der Waals surface area contributed by atoms with Gasteiger partial charge in [0.1, 0.15) is 6.61 Å². The van der Waals surface area contributed by atoms with Crippen LogP contribution in [-0.4, -0.2) is 24.7 Å². The van der Waals surface area contributed by atoms with E-state index >= 15 is 0 Å². The van der Waals surface area contributed by atoms with Crippen molar-refractivity contribution in [3.63, 3.8) is 0 Å². The van der Waals surface area contributed by atoms with Crippen LogP contribution in [0.15, 0.2) is 65.3 Å². The van der Waals surface area contributed by atoms with Gasteiger partial charge in [-0.3, -0.25) is 0 Å². The predicted molar refractivity (Wildman–Crippen MR) is 127 cm³/mol. The van der Waals surface area contributed by atoms with Crippen LogP contribution in [0.5, 0.6) is 17.4 Å². The summed E-state index contributed by atoms with van der Waals surface area (Å²) < 4.78 is 18.3. The van der Waals surface area contributed by atoms with Crippen LogP contribution in [0.4, 0.5) is 0 Å². The highest BCUT2D eigenvalue weighted by atomic mass is 79.9. The molecule has 0 aliphatic rings. The van der Waals surface area contributed by atoms with E-state index in [1.807, 2.05) is 55.5 Å². The van der Waals surface area contributed by atoms with Gasteiger partial charge in [-0.2, -0.15) is 0 Å². The molecule has 0 aliphatic carbocycles. The molecule has 1 aromatic heterocycles. The van der Waals surface area contributed by atoms with Crippen molar-refractivity contribution in [1.29, 1.82) is 0 Å². The van der Waals surface area contributed by atoms with E-state index in [-0.39, 0.29) is 0 Å². The van der Waals surface area contributed by atoms with Crippen molar-refractivity contribution in [3.8, 4) is 17.4 Å². The summed E-state index contributed by atoms with van der Waals surface area (Å²) in [5.41, 5.74) is 2.15. The third-order valence-electron chi connectivity index (χ3n) is 4.38. The second-order valence-corrected chi connectivity index (χ2v) is 8.09. The molecule has 0 saturated carbocycles. The van der Waals surface area contributed by atoms with Crippen molar-refractivity contribution >= 4 is 27.5 Å². The van der Waals surface area contributed by atoms with Crippen molar-refractivity contribution in [2.45, 2.75) is 26.5 Å². The Labute approximate surface area is 196 Å². The molecule has 3 rings (SSSR count). The van der Waals surface area contributed by atoms with E-state index in [9.17, 15) is 0 Å². The minimum atomic E-state index is 0.434. The van der Waals surface area contributed by atoms with Gasteiger partial charge in [-0.15, -0.1) is 0 Å². The fourth-order valence-electron chi connectivity index (χ4n) is 2.90. The second-order valence-electron chi connectivity index (χ2n) is 6.80. The molecule has 3 aromatic rings. The zero-order valence-corrected chi connectivity index (χ0v) is 19.8. The SMILES string of the molecule is CCOc1cc(CNCCCOc2ccccn2)cc(Br)c1OCc1ccc(Cl)cc1. The Kier molecular flexibility index (Phi) is 9.46. The van der Waals surface area contributed by atoms with Crippen molar-refractivity contribution < 1.29 is 14.2 Å². The molecule has 0 radical (unpaired) electrons. The van der Waals surface area contributed by atoms with Gasteiger partial charge in [0, 0.05) is 23.8 Å². The minimum absolute atomic E-state index is 0.434. The van der Waals surface area contributed by atoms with Crippen molar-refractivity contribution in [2.75, 3.05) is 19.8 Å². The summed E-state index contributed by atoms with van der Waals surface area (Å²) in [5.74, 6) is 2.08. The average molecular weight is 506 g/mol. The lowest BCUT2D eigenvalue weighted by Gasteiger charge is -2.16. The number of ether oxygens (including phenoxy) is 3. The van der Waals surface area contributed by atoms with Gasteiger partial charge in [-0.05, 0) is 77.3 Å². The first-order valence-electron chi connectivity index (χ1n) is 10.2. The summed E-state index contributed by atoms with van der Waals surface area (Å²) in [6.07, 6.45) is 2.61. The molecular formula is C24H26BrClN2O3. The highest BCUT2D eigenvalue weighted by molar-refractivity contribution is 9.10. The van der Waals surface area contributed by atoms with Gasteiger partial charge in [0.05, 0.1) is 17.7 Å². The van der Waals surface area contributed by atoms with Gasteiger partial charge in [-0.25, -0.2) is 4.98 Å². The van der Waals surface area contributed by atoms with E-state index in [0.29, 0.717) is 36.5 Å². The largest absolute Gasteiger partial charge is 0.490 e. The molecule has 164 valence electrons. The van der Waals surface area contributed by atoms with Gasteiger partial charge >= 0.3 is 0 Å². The number of hydrogen-bond acceptors (Lipinski definition) is 5. The van der Waals surface area contributed by atoms with Gasteiger partial charge in [-0.1, -0.05) is 29.8 Å². The standard InChI is InChI=1S/C24H26BrClN2O3/c1-2-29-22-15-19(16-27-11-5-13-30-23-6-3-4-12-28-23)14-21(25)24(22)31-17-18-7-9-20(26)10-8-18/h3-4,6-10,12,14-15,27H,2,5,11,13,16-17H2,1H3. The summed E-state index contributed by atoms with van der Waals surface area (Å²) in [6.45, 7) is 5.14. The fourth-order valence-corrected chi connectivity index (χ4v) is 3.63. The third kappa shape index (κ3) is 7.73. The molecule has 0 bridgehead atoms. The summed E-state index contributed by atoms with van der Waals surface area (Å²) in [5, 5.41) is 4.15. The Balaban J connectivity index is 1.50. The van der Waals surface area contributed by atoms with Gasteiger partial charge < -0.3 is 19.5 Å². The van der Waals surface area contributed by atoms with Crippen molar-refractivity contribution in [1.82, 2.24) is 10.3 Å². The van der Waals surface area contributed by atoms with Crippen LogP contribution < -0.4 is 19.5 Å². The highest BCUT2D eigenvalue weighted by Crippen LogP contribution is 2.37. The molecule has 1 N–H and O–H groups in total. The molecule has 0 saturated heterocycles. The van der Waals surface area contributed by atoms with Crippen LogP contribution in [0, 0.1) is 0 Å². The first-order valence-corrected chi connectivity index (χ1v) is 11.4. The lowest BCUT2D eigenvalue weighted by atomic mass is 10.2. The van der Waals surface area contributed by atoms with E-state index in [0.717, 1.165) is 40.9 Å². The smallest absolute Gasteiger partial charge is 0.213 e. The third-order valence-corrected chi connectivity index (χ3v) is 5.22. The molecule has 1 heterocycles. The average Bonchev–Trinajstić information content (AvgIpc) is 2.78. The topological polar surface area (TPSA) is 52.6 Å². The highest BCUT2D eigenvalue weighted by Gasteiger charge is 2.13. The van der Waals surface area contributed by atoms with Crippen molar-refractivity contribution in [3.05, 3.63) is 81.4 Å². The number of pyridine rings is 1. The number of aromatic nitrogens is 1. The zero-order chi connectivity index (χ0) is 21.9. The maximum absolute atomic E-state index is 6.04. The monoisotopic (exact) mass is 504 g/mol. The van der Waals surface area contributed by atoms with E-state index in [2.05, 4.69) is 32.3 Å². The number of hydrogen-bond donors (Lipinski definition) is 1. The number of rotatable bonds is 12. The van der Waals surface area contributed by atoms with E-state index in [1.165, 1.54) is 0 Å². The van der Waals surface area contributed by atoms with Gasteiger partial charge in [0.25, 0.3) is 0 Å².